The molecule has 1 saturated carbocycles. The van der Waals surface area contributed by atoms with Gasteiger partial charge in [-0.2, -0.15) is 9.61 Å². The average Bonchev–Trinajstić information content (AvgIpc) is 2.78. The largest absolute Gasteiger partial charge is 0.396 e. The Labute approximate surface area is 112 Å². The zero-order valence-corrected chi connectivity index (χ0v) is 11.3. The third-order valence-electron chi connectivity index (χ3n) is 3.87. The molecule has 2 aromatic heterocycles. The first-order valence-electron chi connectivity index (χ1n) is 6.97. The summed E-state index contributed by atoms with van der Waals surface area (Å²) < 4.78 is 1.91. The first kappa shape index (κ1) is 12.4. The van der Waals surface area contributed by atoms with Gasteiger partial charge in [0.2, 0.25) is 0 Å². The van der Waals surface area contributed by atoms with E-state index >= 15 is 0 Å². The summed E-state index contributed by atoms with van der Waals surface area (Å²) in [6, 6.07) is 4.79. The lowest BCUT2D eigenvalue weighted by Crippen LogP contribution is -2.42. The van der Waals surface area contributed by atoms with Crippen LogP contribution in [0.5, 0.6) is 0 Å². The fraction of sp³-hybridized carbons (Fsp3) is 0.571. The molecule has 1 fully saturated rings. The lowest BCUT2D eigenvalue weighted by Gasteiger charge is -2.39. The van der Waals surface area contributed by atoms with E-state index in [-0.39, 0.29) is 6.61 Å². The number of pyridine rings is 1. The first-order valence-corrected chi connectivity index (χ1v) is 6.97. The van der Waals surface area contributed by atoms with Crippen molar-refractivity contribution in [3.63, 3.8) is 0 Å². The standard InChI is InChI=1S/C14H20N4O/c1-11-8-13-15-10-16-18(13)14(9-11)17(6-3-7-19)12-4-2-5-12/h8-10,12,19H,2-7H2,1H3. The van der Waals surface area contributed by atoms with Crippen molar-refractivity contribution in [2.24, 2.45) is 0 Å². The normalized spacial score (nSPS) is 15.7. The Bertz CT molecular complexity index is 562. The van der Waals surface area contributed by atoms with E-state index in [1.165, 1.54) is 24.8 Å². The van der Waals surface area contributed by atoms with Crippen molar-refractivity contribution in [1.29, 1.82) is 0 Å². The molecule has 19 heavy (non-hydrogen) atoms. The van der Waals surface area contributed by atoms with Crippen LogP contribution in [0.4, 0.5) is 5.82 Å². The summed E-state index contributed by atoms with van der Waals surface area (Å²) in [5, 5.41) is 13.4. The molecule has 2 aromatic rings. The van der Waals surface area contributed by atoms with E-state index in [0.29, 0.717) is 6.04 Å². The van der Waals surface area contributed by atoms with Crippen LogP contribution in [0.1, 0.15) is 31.2 Å². The van der Waals surface area contributed by atoms with Crippen LogP contribution < -0.4 is 4.90 Å². The third kappa shape index (κ3) is 2.30. The number of anilines is 1. The van der Waals surface area contributed by atoms with Crippen LogP contribution in [0.25, 0.3) is 5.65 Å². The van der Waals surface area contributed by atoms with Gasteiger partial charge in [0.1, 0.15) is 12.1 Å². The van der Waals surface area contributed by atoms with Crippen molar-refractivity contribution in [1.82, 2.24) is 14.6 Å². The molecule has 0 amide bonds. The van der Waals surface area contributed by atoms with Crippen LogP contribution in [0, 0.1) is 6.92 Å². The van der Waals surface area contributed by atoms with Crippen molar-refractivity contribution < 1.29 is 5.11 Å². The van der Waals surface area contributed by atoms with Gasteiger partial charge in [-0.3, -0.25) is 0 Å². The maximum Gasteiger partial charge on any atom is 0.157 e. The third-order valence-corrected chi connectivity index (χ3v) is 3.87. The molecule has 1 aliphatic rings. The molecule has 1 aliphatic carbocycles. The van der Waals surface area contributed by atoms with Crippen molar-refractivity contribution in [2.75, 3.05) is 18.1 Å². The Kier molecular flexibility index (Phi) is 3.38. The molecule has 5 nitrogen and oxygen atoms in total. The van der Waals surface area contributed by atoms with Crippen LogP contribution in [-0.2, 0) is 0 Å². The quantitative estimate of drug-likeness (QED) is 0.890. The minimum absolute atomic E-state index is 0.232. The molecule has 1 N–H and O–H groups in total. The molecule has 5 heteroatoms. The predicted octanol–water partition coefficient (Wildman–Crippen LogP) is 1.78. The molecule has 2 heterocycles. The summed E-state index contributed by atoms with van der Waals surface area (Å²) in [7, 11) is 0. The Balaban J connectivity index is 2.00. The summed E-state index contributed by atoms with van der Waals surface area (Å²) in [5.41, 5.74) is 2.09. The summed E-state index contributed by atoms with van der Waals surface area (Å²) in [6.45, 7) is 3.19. The molecule has 0 bridgehead atoms. The van der Waals surface area contributed by atoms with Crippen LogP contribution in [0.2, 0.25) is 0 Å². The highest BCUT2D eigenvalue weighted by Crippen LogP contribution is 2.30. The minimum atomic E-state index is 0.232. The minimum Gasteiger partial charge on any atom is -0.396 e. The van der Waals surface area contributed by atoms with Gasteiger partial charge in [0, 0.05) is 19.2 Å². The Hall–Kier alpha value is -1.62. The number of hydrogen-bond acceptors (Lipinski definition) is 4. The van der Waals surface area contributed by atoms with Gasteiger partial charge >= 0.3 is 0 Å². The summed E-state index contributed by atoms with van der Waals surface area (Å²) in [5.74, 6) is 1.10. The molecule has 3 rings (SSSR count). The second-order valence-electron chi connectivity index (χ2n) is 5.28. The van der Waals surface area contributed by atoms with Crippen LogP contribution in [0.15, 0.2) is 18.5 Å². The Morgan fingerprint density at radius 2 is 2.26 bits per heavy atom. The van der Waals surface area contributed by atoms with Gasteiger partial charge < -0.3 is 10.0 Å². The van der Waals surface area contributed by atoms with Gasteiger partial charge in [-0.1, -0.05) is 0 Å². The number of nitrogens with zero attached hydrogens (tertiary/aromatic N) is 4. The number of rotatable bonds is 5. The topological polar surface area (TPSA) is 53.7 Å². The highest BCUT2D eigenvalue weighted by atomic mass is 16.3. The van der Waals surface area contributed by atoms with Crippen molar-refractivity contribution >= 4 is 11.5 Å². The van der Waals surface area contributed by atoms with Crippen molar-refractivity contribution in [3.8, 4) is 0 Å². The van der Waals surface area contributed by atoms with Gasteiger partial charge in [-0.25, -0.2) is 4.98 Å². The zero-order chi connectivity index (χ0) is 13.2. The molecular formula is C14H20N4O. The monoisotopic (exact) mass is 260 g/mol. The van der Waals surface area contributed by atoms with Crippen LogP contribution in [0.3, 0.4) is 0 Å². The summed E-state index contributed by atoms with van der Waals surface area (Å²) in [4.78, 5) is 6.67. The highest BCUT2D eigenvalue weighted by Gasteiger charge is 2.26. The molecule has 0 aromatic carbocycles. The summed E-state index contributed by atoms with van der Waals surface area (Å²) >= 11 is 0. The lowest BCUT2D eigenvalue weighted by molar-refractivity contribution is 0.282. The van der Waals surface area contributed by atoms with E-state index in [9.17, 15) is 0 Å². The number of aliphatic hydroxyl groups is 1. The van der Waals surface area contributed by atoms with Crippen LogP contribution >= 0.6 is 0 Å². The second kappa shape index (κ2) is 5.17. The molecule has 0 spiro atoms. The average molecular weight is 260 g/mol. The molecule has 0 saturated heterocycles. The van der Waals surface area contributed by atoms with Gasteiger partial charge in [0.15, 0.2) is 5.65 Å². The first-order chi connectivity index (χ1) is 9.29. The predicted molar refractivity (Wildman–Crippen MR) is 74.4 cm³/mol. The van der Waals surface area contributed by atoms with E-state index in [2.05, 4.69) is 28.0 Å². The van der Waals surface area contributed by atoms with Gasteiger partial charge in [0.25, 0.3) is 0 Å². The van der Waals surface area contributed by atoms with Gasteiger partial charge in [-0.15, -0.1) is 0 Å². The number of hydrogen-bond donors (Lipinski definition) is 1. The maximum atomic E-state index is 9.10. The van der Waals surface area contributed by atoms with Crippen LogP contribution in [-0.4, -0.2) is 38.9 Å². The molecular weight excluding hydrogens is 240 g/mol. The zero-order valence-electron chi connectivity index (χ0n) is 11.3. The van der Waals surface area contributed by atoms with E-state index in [1.54, 1.807) is 6.33 Å². The lowest BCUT2D eigenvalue weighted by atomic mass is 9.91. The van der Waals surface area contributed by atoms with E-state index < -0.39 is 0 Å². The highest BCUT2D eigenvalue weighted by molar-refractivity contribution is 5.53. The second-order valence-corrected chi connectivity index (χ2v) is 5.28. The number of aryl methyl sites for hydroxylation is 1. The fourth-order valence-corrected chi connectivity index (χ4v) is 2.66. The maximum absolute atomic E-state index is 9.10. The smallest absolute Gasteiger partial charge is 0.157 e. The molecule has 0 unspecified atom stereocenters. The van der Waals surface area contributed by atoms with E-state index in [4.69, 9.17) is 5.11 Å². The summed E-state index contributed by atoms with van der Waals surface area (Å²) in [6.07, 6.45) is 6.15. The molecule has 0 aliphatic heterocycles. The van der Waals surface area contributed by atoms with E-state index in [1.807, 2.05) is 10.6 Å². The number of fused-ring (bicyclic) bond motifs is 1. The SMILES string of the molecule is Cc1cc(N(CCCO)C2CCC2)n2ncnc2c1. The molecule has 0 radical (unpaired) electrons. The van der Waals surface area contributed by atoms with E-state index in [0.717, 1.165) is 24.4 Å². The number of aliphatic hydroxyl groups excluding tert-OH is 1. The van der Waals surface area contributed by atoms with Crippen molar-refractivity contribution in [2.45, 2.75) is 38.6 Å². The molecule has 0 atom stereocenters. The Morgan fingerprint density at radius 3 is 2.95 bits per heavy atom. The number of aromatic nitrogens is 3. The van der Waals surface area contributed by atoms with Gasteiger partial charge in [0.05, 0.1) is 0 Å². The van der Waals surface area contributed by atoms with Crippen molar-refractivity contribution in [3.05, 3.63) is 24.0 Å². The molecule has 102 valence electrons. The fourth-order valence-electron chi connectivity index (χ4n) is 2.66. The Morgan fingerprint density at radius 1 is 1.42 bits per heavy atom. The van der Waals surface area contributed by atoms with Gasteiger partial charge in [-0.05, 0) is 50.3 Å².